The van der Waals surface area contributed by atoms with E-state index in [2.05, 4.69) is 4.98 Å². The number of halogens is 2. The second-order valence-corrected chi connectivity index (χ2v) is 7.32. The van der Waals surface area contributed by atoms with Gasteiger partial charge in [0.15, 0.2) is 0 Å². The molecule has 1 aromatic carbocycles. The molecule has 1 N–H and O–H groups in total. The molecule has 1 aliphatic carbocycles. The Hall–Kier alpha value is -2.57. The summed E-state index contributed by atoms with van der Waals surface area (Å²) in [5.74, 6) is -3.10. The van der Waals surface area contributed by atoms with E-state index in [9.17, 15) is 22.3 Å². The SMILES string of the molecule is N#Cc1cncc(Oc2ccc(S(=O)(=O)C(F)F)c3c2CC[C@H]3O)c1. The number of aliphatic hydroxyl groups is 1. The van der Waals surface area contributed by atoms with Crippen molar-refractivity contribution in [2.24, 2.45) is 0 Å². The van der Waals surface area contributed by atoms with Crippen molar-refractivity contribution in [1.29, 1.82) is 5.26 Å². The summed E-state index contributed by atoms with van der Waals surface area (Å²) >= 11 is 0. The molecule has 1 heterocycles. The summed E-state index contributed by atoms with van der Waals surface area (Å²) in [6, 6.07) is 5.62. The highest BCUT2D eigenvalue weighted by Gasteiger charge is 2.36. The van der Waals surface area contributed by atoms with Crippen LogP contribution >= 0.6 is 0 Å². The fourth-order valence-electron chi connectivity index (χ4n) is 2.77. The Morgan fingerprint density at radius 2 is 2.12 bits per heavy atom. The van der Waals surface area contributed by atoms with Crippen LogP contribution in [0, 0.1) is 11.3 Å². The summed E-state index contributed by atoms with van der Waals surface area (Å²) in [5.41, 5.74) is 0.574. The number of sulfone groups is 1. The fourth-order valence-corrected chi connectivity index (χ4v) is 3.79. The van der Waals surface area contributed by atoms with Gasteiger partial charge in [0.25, 0.3) is 0 Å². The van der Waals surface area contributed by atoms with E-state index >= 15 is 0 Å². The smallest absolute Gasteiger partial charge is 0.341 e. The summed E-state index contributed by atoms with van der Waals surface area (Å²) < 4.78 is 55.1. The van der Waals surface area contributed by atoms with Crippen molar-refractivity contribution >= 4 is 9.84 Å². The van der Waals surface area contributed by atoms with E-state index in [0.717, 1.165) is 6.07 Å². The molecule has 0 radical (unpaired) electrons. The summed E-state index contributed by atoms with van der Waals surface area (Å²) in [4.78, 5) is 3.26. The number of aliphatic hydroxyl groups excluding tert-OH is 1. The van der Waals surface area contributed by atoms with Gasteiger partial charge in [0.1, 0.15) is 17.6 Å². The zero-order chi connectivity index (χ0) is 18.2. The van der Waals surface area contributed by atoms with Gasteiger partial charge in [-0.25, -0.2) is 8.42 Å². The van der Waals surface area contributed by atoms with Crippen molar-refractivity contribution in [3.05, 3.63) is 47.3 Å². The lowest BCUT2D eigenvalue weighted by molar-refractivity contribution is 0.176. The standard InChI is InChI=1S/C16H12F2N2O4S/c17-16(18)25(22,23)14-4-3-13(11-1-2-12(21)15(11)14)24-10-5-9(6-19)7-20-8-10/h3-5,7-8,12,16,21H,1-2H2/t12-/m1/s1. The van der Waals surface area contributed by atoms with E-state index in [-0.39, 0.29) is 35.5 Å². The molecule has 2 aromatic rings. The van der Waals surface area contributed by atoms with Crippen molar-refractivity contribution in [3.63, 3.8) is 0 Å². The van der Waals surface area contributed by atoms with Gasteiger partial charge in [0.2, 0.25) is 9.84 Å². The Kier molecular flexibility index (Phi) is 4.41. The van der Waals surface area contributed by atoms with Gasteiger partial charge in [-0.2, -0.15) is 14.0 Å². The number of hydrogen-bond donors (Lipinski definition) is 1. The van der Waals surface area contributed by atoms with E-state index in [1.807, 2.05) is 6.07 Å². The van der Waals surface area contributed by atoms with E-state index in [0.29, 0.717) is 5.56 Å². The van der Waals surface area contributed by atoms with E-state index < -0.39 is 26.6 Å². The van der Waals surface area contributed by atoms with Crippen molar-refractivity contribution in [2.75, 3.05) is 0 Å². The molecule has 0 saturated carbocycles. The molecule has 0 aliphatic heterocycles. The monoisotopic (exact) mass is 366 g/mol. The molecular formula is C16H12F2N2O4S. The Bertz CT molecular complexity index is 971. The fraction of sp³-hybridized carbons (Fsp3) is 0.250. The number of benzene rings is 1. The lowest BCUT2D eigenvalue weighted by atomic mass is 10.1. The molecule has 0 unspecified atom stereocenters. The minimum atomic E-state index is -4.84. The predicted octanol–water partition coefficient (Wildman–Crippen LogP) is 2.72. The van der Waals surface area contributed by atoms with Crippen LogP contribution in [0.15, 0.2) is 35.5 Å². The van der Waals surface area contributed by atoms with Gasteiger partial charge in [-0.05, 0) is 25.0 Å². The Morgan fingerprint density at radius 1 is 1.36 bits per heavy atom. The summed E-state index contributed by atoms with van der Waals surface area (Å²) in [6.45, 7) is 0. The van der Waals surface area contributed by atoms with Crippen LogP contribution in [0.2, 0.25) is 0 Å². The molecule has 130 valence electrons. The molecule has 1 aromatic heterocycles. The van der Waals surface area contributed by atoms with Gasteiger partial charge >= 0.3 is 5.76 Å². The minimum absolute atomic E-state index is 0.0535. The van der Waals surface area contributed by atoms with Crippen molar-refractivity contribution < 1.29 is 27.0 Å². The third-order valence-corrected chi connectivity index (χ3v) is 5.32. The van der Waals surface area contributed by atoms with Crippen LogP contribution in [-0.4, -0.2) is 24.3 Å². The van der Waals surface area contributed by atoms with Crippen LogP contribution < -0.4 is 4.74 Å². The lowest BCUT2D eigenvalue weighted by Crippen LogP contribution is -2.15. The summed E-state index contributed by atoms with van der Waals surface area (Å²) in [6.07, 6.45) is 2.04. The Labute approximate surface area is 142 Å². The summed E-state index contributed by atoms with van der Waals surface area (Å²) in [7, 11) is -4.84. The van der Waals surface area contributed by atoms with Crippen LogP contribution in [0.5, 0.6) is 11.5 Å². The summed E-state index contributed by atoms with van der Waals surface area (Å²) in [5, 5.41) is 18.9. The van der Waals surface area contributed by atoms with Gasteiger partial charge in [0, 0.05) is 23.4 Å². The van der Waals surface area contributed by atoms with Crippen LogP contribution in [-0.2, 0) is 16.3 Å². The maximum Gasteiger partial charge on any atom is 0.341 e. The van der Waals surface area contributed by atoms with Crippen LogP contribution in [0.3, 0.4) is 0 Å². The molecule has 0 saturated heterocycles. The van der Waals surface area contributed by atoms with Gasteiger partial charge in [0.05, 0.1) is 22.8 Å². The highest BCUT2D eigenvalue weighted by Crippen LogP contribution is 2.43. The number of alkyl halides is 2. The number of hydrogen-bond acceptors (Lipinski definition) is 6. The van der Waals surface area contributed by atoms with E-state index in [4.69, 9.17) is 10.00 Å². The first-order valence-corrected chi connectivity index (χ1v) is 8.78. The van der Waals surface area contributed by atoms with Gasteiger partial charge < -0.3 is 9.84 Å². The largest absolute Gasteiger partial charge is 0.455 e. The average molecular weight is 366 g/mol. The number of fused-ring (bicyclic) bond motifs is 1. The van der Waals surface area contributed by atoms with Crippen LogP contribution in [0.25, 0.3) is 0 Å². The Morgan fingerprint density at radius 3 is 2.80 bits per heavy atom. The quantitative estimate of drug-likeness (QED) is 0.893. The van der Waals surface area contributed by atoms with Crippen LogP contribution in [0.1, 0.15) is 29.2 Å². The third kappa shape index (κ3) is 3.06. The third-order valence-electron chi connectivity index (χ3n) is 3.89. The molecule has 6 nitrogen and oxygen atoms in total. The van der Waals surface area contributed by atoms with Crippen molar-refractivity contribution in [1.82, 2.24) is 4.98 Å². The van der Waals surface area contributed by atoms with Crippen LogP contribution in [0.4, 0.5) is 8.78 Å². The van der Waals surface area contributed by atoms with Gasteiger partial charge in [-0.3, -0.25) is 4.98 Å². The number of aromatic nitrogens is 1. The molecular weight excluding hydrogens is 354 g/mol. The second kappa shape index (κ2) is 6.38. The molecule has 0 amide bonds. The minimum Gasteiger partial charge on any atom is -0.455 e. The van der Waals surface area contributed by atoms with Crippen molar-refractivity contribution in [2.45, 2.75) is 29.6 Å². The molecule has 0 spiro atoms. The maximum absolute atomic E-state index is 12.9. The van der Waals surface area contributed by atoms with E-state index in [1.54, 1.807) is 0 Å². The van der Waals surface area contributed by atoms with Crippen molar-refractivity contribution in [3.8, 4) is 17.6 Å². The highest BCUT2D eigenvalue weighted by molar-refractivity contribution is 7.91. The number of ether oxygens (including phenoxy) is 1. The maximum atomic E-state index is 12.9. The molecule has 1 atom stereocenters. The highest BCUT2D eigenvalue weighted by atomic mass is 32.2. The van der Waals surface area contributed by atoms with Gasteiger partial charge in [-0.15, -0.1) is 0 Å². The number of rotatable bonds is 4. The molecule has 1 aliphatic rings. The molecule has 0 fully saturated rings. The zero-order valence-electron chi connectivity index (χ0n) is 12.7. The average Bonchev–Trinajstić information content (AvgIpc) is 2.97. The second-order valence-electron chi connectivity index (χ2n) is 5.44. The normalized spacial score (nSPS) is 16.5. The lowest BCUT2D eigenvalue weighted by Gasteiger charge is -2.15. The molecule has 9 heteroatoms. The van der Waals surface area contributed by atoms with E-state index in [1.165, 1.54) is 24.5 Å². The number of nitriles is 1. The molecule has 3 rings (SSSR count). The predicted molar refractivity (Wildman–Crippen MR) is 81.9 cm³/mol. The number of nitrogens with zero attached hydrogens (tertiary/aromatic N) is 2. The number of pyridine rings is 1. The Balaban J connectivity index is 2.08. The first-order chi connectivity index (χ1) is 11.8. The molecule has 25 heavy (non-hydrogen) atoms. The topological polar surface area (TPSA) is 100 Å². The zero-order valence-corrected chi connectivity index (χ0v) is 13.5. The first-order valence-electron chi connectivity index (χ1n) is 7.23. The molecule has 0 bridgehead atoms. The van der Waals surface area contributed by atoms with Gasteiger partial charge in [-0.1, -0.05) is 0 Å². The first kappa shape index (κ1) is 17.3.